The quantitative estimate of drug-likeness (QED) is 0.198. The molecule has 0 aliphatic carbocycles. The summed E-state index contributed by atoms with van der Waals surface area (Å²) in [5.41, 5.74) is 4.93. The van der Waals surface area contributed by atoms with Crippen molar-refractivity contribution in [1.29, 1.82) is 0 Å². The third-order valence-corrected chi connectivity index (χ3v) is 8.24. The maximum absolute atomic E-state index is 6.20. The van der Waals surface area contributed by atoms with E-state index in [1.54, 1.807) is 0 Å². The Balaban J connectivity index is 1.36. The van der Waals surface area contributed by atoms with Crippen LogP contribution in [0, 0.1) is 0 Å². The van der Waals surface area contributed by atoms with Crippen LogP contribution >= 0.6 is 11.6 Å². The van der Waals surface area contributed by atoms with Crippen molar-refractivity contribution in [2.75, 3.05) is 0 Å². The molecule has 1 aromatic heterocycles. The van der Waals surface area contributed by atoms with Gasteiger partial charge in [-0.25, -0.2) is 15.0 Å². The SMILES string of the molecule is Clc1ccc(-c2nc(-c3ccccc3)nc(-c3ccccc3-c3ccc4c5ccccc5c5ccccc5c4c3)n2)cc1. The minimum absolute atomic E-state index is 0.603. The van der Waals surface area contributed by atoms with Gasteiger partial charge in [0.15, 0.2) is 17.5 Å². The van der Waals surface area contributed by atoms with E-state index in [0.717, 1.165) is 27.8 Å². The van der Waals surface area contributed by atoms with E-state index in [1.807, 2.05) is 60.7 Å². The molecule has 7 aromatic carbocycles. The molecule has 8 rings (SSSR count). The molecule has 0 saturated carbocycles. The molecule has 4 heteroatoms. The van der Waals surface area contributed by atoms with Crippen LogP contribution in [0.15, 0.2) is 146 Å². The Bertz CT molecular complexity index is 2260. The summed E-state index contributed by atoms with van der Waals surface area (Å²) in [5.74, 6) is 1.85. The van der Waals surface area contributed by atoms with Crippen LogP contribution in [0.1, 0.15) is 0 Å². The Morgan fingerprint density at radius 3 is 1.40 bits per heavy atom. The zero-order valence-corrected chi connectivity index (χ0v) is 23.8. The summed E-state index contributed by atoms with van der Waals surface area (Å²) < 4.78 is 0. The van der Waals surface area contributed by atoms with Crippen molar-refractivity contribution in [2.24, 2.45) is 0 Å². The maximum Gasteiger partial charge on any atom is 0.164 e. The van der Waals surface area contributed by atoms with Crippen LogP contribution in [0.4, 0.5) is 0 Å². The first-order valence-corrected chi connectivity index (χ1v) is 14.6. The van der Waals surface area contributed by atoms with Gasteiger partial charge >= 0.3 is 0 Å². The molecule has 0 amide bonds. The molecule has 0 spiro atoms. The average Bonchev–Trinajstić information content (AvgIpc) is 3.09. The molecule has 3 nitrogen and oxygen atoms in total. The number of halogens is 1. The van der Waals surface area contributed by atoms with Crippen molar-refractivity contribution in [3.8, 4) is 45.3 Å². The molecule has 0 N–H and O–H groups in total. The van der Waals surface area contributed by atoms with Gasteiger partial charge in [0, 0.05) is 21.7 Å². The minimum atomic E-state index is 0.603. The number of nitrogens with zero attached hydrogens (tertiary/aromatic N) is 3. The first kappa shape index (κ1) is 25.3. The molecule has 0 fully saturated rings. The smallest absolute Gasteiger partial charge is 0.164 e. The van der Waals surface area contributed by atoms with E-state index in [9.17, 15) is 0 Å². The fraction of sp³-hybridized carbons (Fsp3) is 0. The van der Waals surface area contributed by atoms with Gasteiger partial charge in [-0.2, -0.15) is 0 Å². The van der Waals surface area contributed by atoms with E-state index in [1.165, 1.54) is 32.3 Å². The molecule has 0 aliphatic rings. The molecule has 0 atom stereocenters. The summed E-state index contributed by atoms with van der Waals surface area (Å²) >= 11 is 6.20. The Morgan fingerprint density at radius 2 is 0.767 bits per heavy atom. The first-order chi connectivity index (χ1) is 21.2. The molecule has 0 aliphatic heterocycles. The summed E-state index contributed by atoms with van der Waals surface area (Å²) in [4.78, 5) is 14.9. The van der Waals surface area contributed by atoms with Gasteiger partial charge < -0.3 is 0 Å². The van der Waals surface area contributed by atoms with Gasteiger partial charge in [-0.15, -0.1) is 0 Å². The van der Waals surface area contributed by atoms with Gasteiger partial charge in [0.05, 0.1) is 0 Å². The highest BCUT2D eigenvalue weighted by atomic mass is 35.5. The van der Waals surface area contributed by atoms with E-state index >= 15 is 0 Å². The van der Waals surface area contributed by atoms with Crippen LogP contribution < -0.4 is 0 Å². The van der Waals surface area contributed by atoms with Crippen LogP contribution in [-0.4, -0.2) is 15.0 Å². The number of hydrogen-bond acceptors (Lipinski definition) is 3. The molecule has 0 unspecified atom stereocenters. The minimum Gasteiger partial charge on any atom is -0.208 e. The highest BCUT2D eigenvalue weighted by molar-refractivity contribution is 6.30. The van der Waals surface area contributed by atoms with Crippen LogP contribution in [-0.2, 0) is 0 Å². The average molecular weight is 570 g/mol. The maximum atomic E-state index is 6.20. The summed E-state index contributed by atoms with van der Waals surface area (Å²) in [6, 6.07) is 50.1. The summed E-state index contributed by atoms with van der Waals surface area (Å²) in [7, 11) is 0. The number of aromatic nitrogens is 3. The number of hydrogen-bond donors (Lipinski definition) is 0. The van der Waals surface area contributed by atoms with E-state index in [-0.39, 0.29) is 0 Å². The molecule has 43 heavy (non-hydrogen) atoms. The van der Waals surface area contributed by atoms with Crippen LogP contribution in [0.5, 0.6) is 0 Å². The van der Waals surface area contributed by atoms with Gasteiger partial charge in [-0.05, 0) is 73.8 Å². The predicted octanol–water partition coefficient (Wildman–Crippen LogP) is 10.7. The lowest BCUT2D eigenvalue weighted by atomic mass is 9.91. The summed E-state index contributed by atoms with van der Waals surface area (Å²) in [6.07, 6.45) is 0. The third-order valence-electron chi connectivity index (χ3n) is 7.99. The molecular weight excluding hydrogens is 546 g/mol. The Morgan fingerprint density at radius 1 is 0.326 bits per heavy atom. The van der Waals surface area contributed by atoms with Crippen LogP contribution in [0.3, 0.4) is 0 Å². The van der Waals surface area contributed by atoms with Crippen LogP contribution in [0.2, 0.25) is 5.02 Å². The van der Waals surface area contributed by atoms with Crippen molar-refractivity contribution in [3.63, 3.8) is 0 Å². The van der Waals surface area contributed by atoms with Crippen LogP contribution in [0.25, 0.3) is 77.6 Å². The van der Waals surface area contributed by atoms with Gasteiger partial charge in [-0.3, -0.25) is 0 Å². The number of rotatable bonds is 4. The van der Waals surface area contributed by atoms with Crippen molar-refractivity contribution in [3.05, 3.63) is 151 Å². The lowest BCUT2D eigenvalue weighted by Gasteiger charge is -2.14. The standard InChI is InChI=1S/C39H24ClN3/c40-28-21-18-26(19-22-28)38-41-37(25-10-2-1-3-11-25)42-39(43-38)35-17-9-4-12-29(35)27-20-23-34-32-15-6-5-13-30(32)31-14-7-8-16-33(31)36(34)24-27/h1-24H. The van der Waals surface area contributed by atoms with E-state index in [0.29, 0.717) is 22.5 Å². The molecule has 0 saturated heterocycles. The Labute approximate surface area is 254 Å². The lowest BCUT2D eigenvalue weighted by molar-refractivity contribution is 1.07. The van der Waals surface area contributed by atoms with Crippen molar-refractivity contribution >= 4 is 43.9 Å². The fourth-order valence-corrected chi connectivity index (χ4v) is 6.07. The topological polar surface area (TPSA) is 38.7 Å². The molecule has 0 bridgehead atoms. The highest BCUT2D eigenvalue weighted by Crippen LogP contribution is 2.39. The molecule has 8 aromatic rings. The lowest BCUT2D eigenvalue weighted by Crippen LogP contribution is -2.01. The fourth-order valence-electron chi connectivity index (χ4n) is 5.95. The van der Waals surface area contributed by atoms with Gasteiger partial charge in [0.2, 0.25) is 0 Å². The first-order valence-electron chi connectivity index (χ1n) is 14.2. The number of benzene rings is 7. The zero-order chi connectivity index (χ0) is 28.8. The summed E-state index contributed by atoms with van der Waals surface area (Å²) in [6.45, 7) is 0. The second-order valence-corrected chi connectivity index (χ2v) is 11.0. The van der Waals surface area contributed by atoms with Crippen molar-refractivity contribution < 1.29 is 0 Å². The van der Waals surface area contributed by atoms with Gasteiger partial charge in [0.1, 0.15) is 0 Å². The van der Waals surface area contributed by atoms with Crippen molar-refractivity contribution in [2.45, 2.75) is 0 Å². The van der Waals surface area contributed by atoms with Gasteiger partial charge in [-0.1, -0.05) is 127 Å². The molecule has 1 heterocycles. The second-order valence-electron chi connectivity index (χ2n) is 10.6. The van der Waals surface area contributed by atoms with Gasteiger partial charge in [0.25, 0.3) is 0 Å². The van der Waals surface area contributed by atoms with E-state index < -0.39 is 0 Å². The second kappa shape index (κ2) is 10.5. The Hall–Kier alpha value is -5.38. The zero-order valence-electron chi connectivity index (χ0n) is 23.1. The highest BCUT2D eigenvalue weighted by Gasteiger charge is 2.17. The largest absolute Gasteiger partial charge is 0.208 e. The molecular formula is C39H24ClN3. The molecule has 202 valence electrons. The van der Waals surface area contributed by atoms with Crippen molar-refractivity contribution in [1.82, 2.24) is 15.0 Å². The molecule has 0 radical (unpaired) electrons. The van der Waals surface area contributed by atoms with E-state index in [2.05, 4.69) is 84.9 Å². The Kier molecular flexibility index (Phi) is 6.17. The third kappa shape index (κ3) is 4.51. The predicted molar refractivity (Wildman–Crippen MR) is 179 cm³/mol. The number of fused-ring (bicyclic) bond motifs is 6. The summed E-state index contributed by atoms with van der Waals surface area (Å²) in [5, 5.41) is 8.17. The normalized spacial score (nSPS) is 11.4. The monoisotopic (exact) mass is 569 g/mol. The van der Waals surface area contributed by atoms with E-state index in [4.69, 9.17) is 26.6 Å².